The fourth-order valence-electron chi connectivity index (χ4n) is 2.14. The molecular weight excluding hydrogens is 405 g/mol. The monoisotopic (exact) mass is 417 g/mol. The number of methoxy groups -OCH3 is 1. The predicted octanol–water partition coefficient (Wildman–Crippen LogP) is 5.18. The number of ether oxygens (including phenoxy) is 1. The largest absolute Gasteiger partial charge is 0.496 e. The van der Waals surface area contributed by atoms with Gasteiger partial charge in [-0.2, -0.15) is 0 Å². The Morgan fingerprint density at radius 1 is 1.10 bits per heavy atom. The van der Waals surface area contributed by atoms with Gasteiger partial charge in [0.25, 0.3) is 0 Å². The quantitative estimate of drug-likeness (QED) is 0.737. The number of nitrogens with one attached hydrogen (secondary N) is 1. The zero-order chi connectivity index (χ0) is 14.7. The fourth-order valence-corrected chi connectivity index (χ4v) is 3.15. The lowest BCUT2D eigenvalue weighted by Gasteiger charge is -2.21. The second kappa shape index (κ2) is 6.94. The van der Waals surface area contributed by atoms with Crippen LogP contribution in [0.1, 0.15) is 17.2 Å². The van der Waals surface area contributed by atoms with Gasteiger partial charge in [0.1, 0.15) is 5.75 Å². The van der Waals surface area contributed by atoms with E-state index >= 15 is 0 Å². The molecule has 0 spiro atoms. The molecule has 0 aliphatic carbocycles. The minimum atomic E-state index is 0.00842. The van der Waals surface area contributed by atoms with Gasteiger partial charge in [0.2, 0.25) is 0 Å². The second-order valence-corrected chi connectivity index (χ2v) is 6.48. The van der Waals surface area contributed by atoms with Crippen LogP contribution in [0.15, 0.2) is 45.3 Å². The van der Waals surface area contributed by atoms with Crippen LogP contribution in [-0.4, -0.2) is 14.2 Å². The molecule has 2 aromatic rings. The van der Waals surface area contributed by atoms with Crippen molar-refractivity contribution >= 4 is 43.5 Å². The van der Waals surface area contributed by atoms with Crippen molar-refractivity contribution in [3.05, 3.63) is 61.5 Å². The molecule has 0 heterocycles. The second-order valence-electron chi connectivity index (χ2n) is 4.27. The summed E-state index contributed by atoms with van der Waals surface area (Å²) >= 11 is 13.1. The number of benzene rings is 2. The first kappa shape index (κ1) is 15.8. The van der Waals surface area contributed by atoms with Crippen LogP contribution in [0.25, 0.3) is 0 Å². The highest BCUT2D eigenvalue weighted by Gasteiger charge is 2.19. The van der Waals surface area contributed by atoms with E-state index in [2.05, 4.69) is 43.2 Å². The Labute approximate surface area is 140 Å². The molecule has 0 bridgehead atoms. The maximum absolute atomic E-state index is 6.03. The van der Waals surface area contributed by atoms with E-state index in [0.29, 0.717) is 5.02 Å². The minimum absolute atomic E-state index is 0.00842. The van der Waals surface area contributed by atoms with E-state index < -0.39 is 0 Å². The van der Waals surface area contributed by atoms with Gasteiger partial charge in [-0.1, -0.05) is 49.5 Å². The Morgan fingerprint density at radius 2 is 1.85 bits per heavy atom. The Bertz CT molecular complexity index is 619. The average Bonchev–Trinajstić information content (AvgIpc) is 2.44. The van der Waals surface area contributed by atoms with Crippen molar-refractivity contribution in [1.82, 2.24) is 5.32 Å². The summed E-state index contributed by atoms with van der Waals surface area (Å²) in [7, 11) is 3.57. The smallest absolute Gasteiger partial charge is 0.125 e. The molecule has 1 atom stereocenters. The van der Waals surface area contributed by atoms with E-state index in [-0.39, 0.29) is 6.04 Å². The Hall–Kier alpha value is -0.550. The van der Waals surface area contributed by atoms with Crippen LogP contribution in [0.2, 0.25) is 5.02 Å². The molecule has 0 fully saturated rings. The maximum atomic E-state index is 6.03. The van der Waals surface area contributed by atoms with Crippen molar-refractivity contribution in [2.45, 2.75) is 6.04 Å². The van der Waals surface area contributed by atoms with E-state index in [0.717, 1.165) is 25.8 Å². The highest BCUT2D eigenvalue weighted by atomic mass is 79.9. The topological polar surface area (TPSA) is 21.3 Å². The summed E-state index contributed by atoms with van der Waals surface area (Å²) in [5.74, 6) is 0.767. The number of hydrogen-bond donors (Lipinski definition) is 1. The zero-order valence-electron chi connectivity index (χ0n) is 11.1. The molecule has 0 aromatic heterocycles. The first-order valence-corrected chi connectivity index (χ1v) is 7.99. The van der Waals surface area contributed by atoms with Crippen molar-refractivity contribution in [2.75, 3.05) is 14.2 Å². The van der Waals surface area contributed by atoms with Crippen molar-refractivity contribution in [1.29, 1.82) is 0 Å². The van der Waals surface area contributed by atoms with E-state index in [9.17, 15) is 0 Å². The lowest BCUT2D eigenvalue weighted by molar-refractivity contribution is 0.405. The number of hydrogen-bond acceptors (Lipinski definition) is 2. The third kappa shape index (κ3) is 3.37. The van der Waals surface area contributed by atoms with Gasteiger partial charge in [0.15, 0.2) is 0 Å². The Kier molecular flexibility index (Phi) is 5.49. The Morgan fingerprint density at radius 3 is 2.50 bits per heavy atom. The van der Waals surface area contributed by atoms with Gasteiger partial charge in [0.05, 0.1) is 13.2 Å². The van der Waals surface area contributed by atoms with Crippen LogP contribution >= 0.6 is 43.5 Å². The summed E-state index contributed by atoms with van der Waals surface area (Å²) in [5, 5.41) is 3.98. The lowest BCUT2D eigenvalue weighted by atomic mass is 9.98. The molecule has 1 unspecified atom stereocenters. The summed E-state index contributed by atoms with van der Waals surface area (Å²) in [6.07, 6.45) is 0. The van der Waals surface area contributed by atoms with Crippen LogP contribution in [0.3, 0.4) is 0 Å². The summed E-state index contributed by atoms with van der Waals surface area (Å²) in [4.78, 5) is 0. The van der Waals surface area contributed by atoms with Gasteiger partial charge in [-0.15, -0.1) is 0 Å². The molecule has 2 rings (SSSR count). The van der Waals surface area contributed by atoms with Gasteiger partial charge in [-0.3, -0.25) is 0 Å². The SMILES string of the molecule is CNC(c1cc(Br)ccc1Br)c1ccc(Cl)cc1OC. The summed E-state index contributed by atoms with van der Waals surface area (Å²) in [5.41, 5.74) is 2.17. The van der Waals surface area contributed by atoms with Crippen molar-refractivity contribution in [3.8, 4) is 5.75 Å². The van der Waals surface area contributed by atoms with Crippen LogP contribution < -0.4 is 10.1 Å². The Balaban J connectivity index is 2.55. The molecule has 0 amide bonds. The van der Waals surface area contributed by atoms with Gasteiger partial charge in [0, 0.05) is 19.5 Å². The van der Waals surface area contributed by atoms with E-state index in [1.54, 1.807) is 7.11 Å². The third-order valence-corrected chi connectivity index (χ3v) is 4.51. The predicted molar refractivity (Wildman–Crippen MR) is 90.7 cm³/mol. The first-order chi connectivity index (χ1) is 9.56. The first-order valence-electron chi connectivity index (χ1n) is 6.02. The van der Waals surface area contributed by atoms with Crippen LogP contribution in [0, 0.1) is 0 Å². The molecule has 0 saturated heterocycles. The van der Waals surface area contributed by atoms with E-state index in [1.165, 1.54) is 0 Å². The van der Waals surface area contributed by atoms with Gasteiger partial charge >= 0.3 is 0 Å². The van der Waals surface area contributed by atoms with Gasteiger partial charge in [-0.25, -0.2) is 0 Å². The fraction of sp³-hybridized carbons (Fsp3) is 0.200. The summed E-state index contributed by atoms with van der Waals surface area (Å²) < 4.78 is 7.52. The summed E-state index contributed by atoms with van der Waals surface area (Å²) in [6.45, 7) is 0. The molecule has 2 nitrogen and oxygen atoms in total. The molecule has 1 N–H and O–H groups in total. The standard InChI is InChI=1S/C15H14Br2ClNO/c1-19-15(12-7-9(16)3-6-13(12)17)11-5-4-10(18)8-14(11)20-2/h3-8,15,19H,1-2H3. The molecule has 0 radical (unpaired) electrons. The average molecular weight is 420 g/mol. The normalized spacial score (nSPS) is 12.2. The van der Waals surface area contributed by atoms with E-state index in [4.69, 9.17) is 16.3 Å². The molecule has 106 valence electrons. The number of halogens is 3. The molecule has 20 heavy (non-hydrogen) atoms. The molecule has 0 aliphatic heterocycles. The summed E-state index contributed by atoms with van der Waals surface area (Å²) in [6, 6.07) is 11.8. The molecule has 0 saturated carbocycles. The van der Waals surface area contributed by atoms with Gasteiger partial charge in [-0.05, 0) is 42.9 Å². The van der Waals surface area contributed by atoms with Gasteiger partial charge < -0.3 is 10.1 Å². The van der Waals surface area contributed by atoms with Crippen molar-refractivity contribution in [2.24, 2.45) is 0 Å². The molecule has 0 aliphatic rings. The van der Waals surface area contributed by atoms with Crippen LogP contribution in [0.5, 0.6) is 5.75 Å². The van der Waals surface area contributed by atoms with Crippen molar-refractivity contribution in [3.63, 3.8) is 0 Å². The third-order valence-electron chi connectivity index (χ3n) is 3.06. The maximum Gasteiger partial charge on any atom is 0.125 e. The highest BCUT2D eigenvalue weighted by Crippen LogP contribution is 2.36. The van der Waals surface area contributed by atoms with Crippen molar-refractivity contribution < 1.29 is 4.74 Å². The number of rotatable bonds is 4. The lowest BCUT2D eigenvalue weighted by Crippen LogP contribution is -2.19. The molecular formula is C15H14Br2ClNO. The minimum Gasteiger partial charge on any atom is -0.496 e. The molecule has 5 heteroatoms. The van der Waals surface area contributed by atoms with E-state index in [1.807, 2.05) is 37.4 Å². The van der Waals surface area contributed by atoms with Crippen LogP contribution in [-0.2, 0) is 0 Å². The highest BCUT2D eigenvalue weighted by molar-refractivity contribution is 9.11. The zero-order valence-corrected chi connectivity index (χ0v) is 15.0. The molecule has 2 aromatic carbocycles. The van der Waals surface area contributed by atoms with Crippen LogP contribution in [0.4, 0.5) is 0 Å².